The number of pyridine rings is 1. The van der Waals surface area contributed by atoms with Crippen molar-refractivity contribution in [3.63, 3.8) is 0 Å². The number of nitrogens with zero attached hydrogens (tertiary/aromatic N) is 2. The maximum atomic E-state index is 11.1. The molecular weight excluding hydrogens is 278 g/mol. The summed E-state index contributed by atoms with van der Waals surface area (Å²) < 4.78 is 0. The Bertz CT molecular complexity index is 493. The van der Waals surface area contributed by atoms with Crippen LogP contribution < -0.4 is 5.32 Å². The SMILES string of the molecule is CC(C)C1CCCCC1Nc1nc(Cl)ccc1[N+](=O)[O-]. The van der Waals surface area contributed by atoms with E-state index in [0.29, 0.717) is 17.7 Å². The Kier molecular flexibility index (Phi) is 4.81. The molecule has 20 heavy (non-hydrogen) atoms. The third-order valence-electron chi connectivity index (χ3n) is 4.03. The van der Waals surface area contributed by atoms with Gasteiger partial charge in [0.15, 0.2) is 0 Å². The van der Waals surface area contributed by atoms with Crippen LogP contribution in [0.3, 0.4) is 0 Å². The molecule has 0 radical (unpaired) electrons. The Labute approximate surface area is 123 Å². The normalized spacial score (nSPS) is 22.8. The summed E-state index contributed by atoms with van der Waals surface area (Å²) in [6.07, 6.45) is 4.55. The fourth-order valence-electron chi connectivity index (χ4n) is 2.99. The molecule has 110 valence electrons. The summed E-state index contributed by atoms with van der Waals surface area (Å²) in [4.78, 5) is 14.7. The molecule has 0 spiro atoms. The van der Waals surface area contributed by atoms with Gasteiger partial charge in [-0.3, -0.25) is 10.1 Å². The smallest absolute Gasteiger partial charge is 0.311 e. The van der Waals surface area contributed by atoms with Crippen LogP contribution in [0, 0.1) is 22.0 Å². The average Bonchev–Trinajstić information content (AvgIpc) is 2.38. The average molecular weight is 298 g/mol. The zero-order valence-electron chi connectivity index (χ0n) is 11.8. The summed E-state index contributed by atoms with van der Waals surface area (Å²) in [7, 11) is 0. The second kappa shape index (κ2) is 6.39. The van der Waals surface area contributed by atoms with Gasteiger partial charge in [-0.1, -0.05) is 38.3 Å². The predicted octanol–water partition coefficient (Wildman–Crippen LogP) is 4.27. The van der Waals surface area contributed by atoms with Crippen molar-refractivity contribution in [1.82, 2.24) is 4.98 Å². The molecule has 2 unspecified atom stereocenters. The van der Waals surface area contributed by atoms with Crippen molar-refractivity contribution in [2.45, 2.75) is 45.6 Å². The van der Waals surface area contributed by atoms with Crippen LogP contribution in [0.2, 0.25) is 5.15 Å². The summed E-state index contributed by atoms with van der Waals surface area (Å²) in [5.41, 5.74) is -0.0116. The lowest BCUT2D eigenvalue weighted by atomic mass is 9.78. The molecule has 0 aromatic carbocycles. The number of anilines is 1. The van der Waals surface area contributed by atoms with E-state index in [9.17, 15) is 10.1 Å². The third-order valence-corrected chi connectivity index (χ3v) is 4.24. The van der Waals surface area contributed by atoms with Crippen LogP contribution in [0.25, 0.3) is 0 Å². The number of halogens is 1. The highest BCUT2D eigenvalue weighted by molar-refractivity contribution is 6.29. The Morgan fingerprint density at radius 1 is 1.40 bits per heavy atom. The van der Waals surface area contributed by atoms with Gasteiger partial charge in [0.2, 0.25) is 5.82 Å². The van der Waals surface area contributed by atoms with Crippen molar-refractivity contribution in [3.05, 3.63) is 27.4 Å². The molecule has 5 nitrogen and oxygen atoms in total. The van der Waals surface area contributed by atoms with E-state index in [0.717, 1.165) is 19.3 Å². The molecule has 1 aromatic rings. The van der Waals surface area contributed by atoms with Crippen LogP contribution in [0.15, 0.2) is 12.1 Å². The van der Waals surface area contributed by atoms with Gasteiger partial charge in [-0.05, 0) is 30.7 Å². The molecule has 1 heterocycles. The van der Waals surface area contributed by atoms with Gasteiger partial charge in [0.25, 0.3) is 0 Å². The van der Waals surface area contributed by atoms with Crippen LogP contribution in [0.4, 0.5) is 11.5 Å². The van der Waals surface area contributed by atoms with Crippen LogP contribution in [0.1, 0.15) is 39.5 Å². The van der Waals surface area contributed by atoms with Crippen LogP contribution in [-0.2, 0) is 0 Å². The lowest BCUT2D eigenvalue weighted by molar-refractivity contribution is -0.384. The molecule has 2 rings (SSSR count). The first kappa shape index (κ1) is 15.0. The second-order valence-electron chi connectivity index (χ2n) is 5.70. The maximum absolute atomic E-state index is 11.1. The van der Waals surface area contributed by atoms with E-state index in [1.54, 1.807) is 0 Å². The molecule has 1 aliphatic carbocycles. The van der Waals surface area contributed by atoms with E-state index in [4.69, 9.17) is 11.6 Å². The third kappa shape index (κ3) is 3.39. The molecule has 0 saturated heterocycles. The van der Waals surface area contributed by atoms with Gasteiger partial charge < -0.3 is 5.32 Å². The van der Waals surface area contributed by atoms with Crippen molar-refractivity contribution in [3.8, 4) is 0 Å². The maximum Gasteiger partial charge on any atom is 0.311 e. The van der Waals surface area contributed by atoms with E-state index in [1.807, 2.05) is 0 Å². The van der Waals surface area contributed by atoms with E-state index in [2.05, 4.69) is 24.1 Å². The standard InChI is InChI=1S/C14H20ClN3O2/c1-9(2)10-5-3-4-6-11(10)16-14-12(18(19)20)7-8-13(15)17-14/h7-11H,3-6H2,1-2H3,(H,16,17). The summed E-state index contributed by atoms with van der Waals surface area (Å²) in [6.45, 7) is 4.40. The van der Waals surface area contributed by atoms with Crippen LogP contribution >= 0.6 is 11.6 Å². The quantitative estimate of drug-likeness (QED) is 0.512. The van der Waals surface area contributed by atoms with Crippen molar-refractivity contribution in [2.75, 3.05) is 5.32 Å². The lowest BCUT2D eigenvalue weighted by Crippen LogP contribution is -2.35. The molecule has 1 aromatic heterocycles. The number of nitrogens with one attached hydrogen (secondary N) is 1. The predicted molar refractivity (Wildman–Crippen MR) is 80.1 cm³/mol. The Hall–Kier alpha value is -1.36. The van der Waals surface area contributed by atoms with Crippen LogP contribution in [-0.4, -0.2) is 15.9 Å². The summed E-state index contributed by atoms with van der Waals surface area (Å²) >= 11 is 5.86. The molecule has 2 atom stereocenters. The largest absolute Gasteiger partial charge is 0.361 e. The first-order chi connectivity index (χ1) is 9.49. The number of hydrogen-bond acceptors (Lipinski definition) is 4. The molecule has 1 fully saturated rings. The molecule has 1 N–H and O–H groups in total. The highest BCUT2D eigenvalue weighted by Gasteiger charge is 2.29. The van der Waals surface area contributed by atoms with Gasteiger partial charge in [0.05, 0.1) is 4.92 Å². The van der Waals surface area contributed by atoms with Gasteiger partial charge in [-0.2, -0.15) is 0 Å². The zero-order valence-corrected chi connectivity index (χ0v) is 12.6. The number of aromatic nitrogens is 1. The first-order valence-electron chi connectivity index (χ1n) is 7.06. The number of hydrogen-bond donors (Lipinski definition) is 1. The highest BCUT2D eigenvalue weighted by Crippen LogP contribution is 2.34. The summed E-state index contributed by atoms with van der Waals surface area (Å²) in [6, 6.07) is 3.09. The fourth-order valence-corrected chi connectivity index (χ4v) is 3.14. The van der Waals surface area contributed by atoms with Crippen molar-refractivity contribution >= 4 is 23.1 Å². The van der Waals surface area contributed by atoms with Gasteiger partial charge in [0.1, 0.15) is 5.15 Å². The topological polar surface area (TPSA) is 68.1 Å². The number of nitro groups is 1. The van der Waals surface area contributed by atoms with Crippen LogP contribution in [0.5, 0.6) is 0 Å². The Morgan fingerprint density at radius 3 is 2.75 bits per heavy atom. The number of rotatable bonds is 4. The van der Waals surface area contributed by atoms with E-state index < -0.39 is 4.92 Å². The lowest BCUT2D eigenvalue weighted by Gasteiger charge is -2.35. The first-order valence-corrected chi connectivity index (χ1v) is 7.44. The van der Waals surface area contributed by atoms with Crippen molar-refractivity contribution in [2.24, 2.45) is 11.8 Å². The fraction of sp³-hybridized carbons (Fsp3) is 0.643. The van der Waals surface area contributed by atoms with Gasteiger partial charge in [-0.15, -0.1) is 0 Å². The minimum atomic E-state index is -0.418. The minimum Gasteiger partial charge on any atom is -0.361 e. The van der Waals surface area contributed by atoms with Crippen molar-refractivity contribution in [1.29, 1.82) is 0 Å². The monoisotopic (exact) mass is 297 g/mol. The Morgan fingerprint density at radius 2 is 2.10 bits per heavy atom. The van der Waals surface area contributed by atoms with Gasteiger partial charge in [0, 0.05) is 12.1 Å². The minimum absolute atomic E-state index is 0.0116. The molecule has 1 saturated carbocycles. The highest BCUT2D eigenvalue weighted by atomic mass is 35.5. The Balaban J connectivity index is 2.23. The van der Waals surface area contributed by atoms with Gasteiger partial charge >= 0.3 is 5.69 Å². The summed E-state index contributed by atoms with van der Waals surface area (Å²) in [5, 5.41) is 14.6. The molecular formula is C14H20ClN3O2. The molecule has 1 aliphatic rings. The molecule has 6 heteroatoms. The van der Waals surface area contributed by atoms with Gasteiger partial charge in [-0.25, -0.2) is 4.98 Å². The van der Waals surface area contributed by atoms with E-state index >= 15 is 0 Å². The second-order valence-corrected chi connectivity index (χ2v) is 6.09. The molecule has 0 aliphatic heterocycles. The molecule has 0 bridgehead atoms. The van der Waals surface area contributed by atoms with Crippen molar-refractivity contribution < 1.29 is 4.92 Å². The zero-order chi connectivity index (χ0) is 14.7. The van der Waals surface area contributed by atoms with E-state index in [1.165, 1.54) is 18.6 Å². The molecule has 0 amide bonds. The summed E-state index contributed by atoms with van der Waals surface area (Å²) in [5.74, 6) is 1.36. The van der Waals surface area contributed by atoms with E-state index in [-0.39, 0.29) is 16.9 Å².